The third-order valence-electron chi connectivity index (χ3n) is 3.37. The van der Waals surface area contributed by atoms with E-state index in [0.717, 1.165) is 12.3 Å². The highest BCUT2D eigenvalue weighted by Crippen LogP contribution is 2.19. The van der Waals surface area contributed by atoms with Gasteiger partial charge in [0, 0.05) is 30.4 Å². The predicted octanol–water partition coefficient (Wildman–Crippen LogP) is 3.18. The first kappa shape index (κ1) is 12.9. The summed E-state index contributed by atoms with van der Waals surface area (Å²) in [7, 11) is 0. The van der Waals surface area contributed by atoms with Crippen LogP contribution in [0.1, 0.15) is 25.2 Å². The van der Waals surface area contributed by atoms with Crippen molar-refractivity contribution >= 4 is 10.9 Å². The van der Waals surface area contributed by atoms with Gasteiger partial charge < -0.3 is 14.4 Å². The lowest BCUT2D eigenvalue weighted by molar-refractivity contribution is 0.378. The summed E-state index contributed by atoms with van der Waals surface area (Å²) in [6.07, 6.45) is 3.77. The summed E-state index contributed by atoms with van der Waals surface area (Å²) >= 11 is 0. The Hall–Kier alpha value is -2.07. The van der Waals surface area contributed by atoms with Crippen molar-refractivity contribution in [1.82, 2.24) is 15.0 Å². The van der Waals surface area contributed by atoms with Gasteiger partial charge >= 0.3 is 0 Å². The van der Waals surface area contributed by atoms with Crippen LogP contribution in [0.3, 0.4) is 0 Å². The van der Waals surface area contributed by atoms with Crippen LogP contribution in [0.5, 0.6) is 0 Å². The molecule has 0 spiro atoms. The van der Waals surface area contributed by atoms with Gasteiger partial charge in [0.1, 0.15) is 0 Å². The number of aromatic nitrogens is 2. The first-order valence-electron chi connectivity index (χ1n) is 6.93. The summed E-state index contributed by atoms with van der Waals surface area (Å²) in [5.74, 6) is 0.869. The Balaban J connectivity index is 1.87. The molecule has 2 heterocycles. The number of rotatable bonds is 5. The molecule has 3 aromatic rings. The first-order valence-corrected chi connectivity index (χ1v) is 6.93. The molecule has 4 nitrogen and oxygen atoms in total. The van der Waals surface area contributed by atoms with Crippen molar-refractivity contribution in [1.29, 1.82) is 0 Å². The molecule has 0 aliphatic heterocycles. The van der Waals surface area contributed by atoms with Gasteiger partial charge in [-0.25, -0.2) is 0 Å². The Kier molecular flexibility index (Phi) is 3.56. The van der Waals surface area contributed by atoms with Crippen LogP contribution in [0.15, 0.2) is 47.2 Å². The van der Waals surface area contributed by atoms with E-state index in [9.17, 15) is 0 Å². The molecule has 0 radical (unpaired) electrons. The minimum absolute atomic E-state index is 0.492. The van der Waals surface area contributed by atoms with Crippen molar-refractivity contribution < 1.29 is 4.52 Å². The van der Waals surface area contributed by atoms with Crippen LogP contribution in [0.25, 0.3) is 10.9 Å². The first-order chi connectivity index (χ1) is 9.72. The molecule has 0 atom stereocenters. The van der Waals surface area contributed by atoms with Crippen LogP contribution in [-0.2, 0) is 13.1 Å². The van der Waals surface area contributed by atoms with E-state index in [1.165, 1.54) is 16.5 Å². The molecule has 2 aromatic heterocycles. The Morgan fingerprint density at radius 1 is 1.25 bits per heavy atom. The van der Waals surface area contributed by atoms with E-state index in [1.807, 2.05) is 6.07 Å². The molecule has 0 bridgehead atoms. The lowest BCUT2D eigenvalue weighted by Gasteiger charge is -2.09. The summed E-state index contributed by atoms with van der Waals surface area (Å²) in [6.45, 7) is 5.92. The van der Waals surface area contributed by atoms with Gasteiger partial charge in [0.15, 0.2) is 5.76 Å². The zero-order chi connectivity index (χ0) is 13.9. The van der Waals surface area contributed by atoms with Gasteiger partial charge in [0.2, 0.25) is 0 Å². The van der Waals surface area contributed by atoms with Gasteiger partial charge in [-0.3, -0.25) is 0 Å². The van der Waals surface area contributed by atoms with Crippen molar-refractivity contribution in [3.05, 3.63) is 54.0 Å². The molecule has 1 aromatic carbocycles. The predicted molar refractivity (Wildman–Crippen MR) is 79.5 cm³/mol. The number of hydrogen-bond donors (Lipinski definition) is 1. The molecule has 104 valence electrons. The number of fused-ring (bicyclic) bond motifs is 1. The standard InChI is InChI=1S/C16H19N3O/c1-12(2)17-10-13-3-4-14-6-8-19(16(14)9-13)11-15-5-7-18-20-15/h3-9,12,17H,10-11H2,1-2H3. The highest BCUT2D eigenvalue weighted by atomic mass is 16.5. The summed E-state index contributed by atoms with van der Waals surface area (Å²) in [5.41, 5.74) is 2.52. The molecular weight excluding hydrogens is 250 g/mol. The van der Waals surface area contributed by atoms with Gasteiger partial charge in [0.25, 0.3) is 0 Å². The second-order valence-corrected chi connectivity index (χ2v) is 5.35. The number of benzene rings is 1. The molecule has 3 rings (SSSR count). The Bertz CT molecular complexity index is 683. The molecule has 0 amide bonds. The third kappa shape index (κ3) is 2.75. The average Bonchev–Trinajstić information content (AvgIpc) is 3.07. The monoisotopic (exact) mass is 269 g/mol. The van der Waals surface area contributed by atoms with Crippen molar-refractivity contribution in [3.8, 4) is 0 Å². The van der Waals surface area contributed by atoms with Crippen LogP contribution in [0.4, 0.5) is 0 Å². The molecule has 1 N–H and O–H groups in total. The summed E-state index contributed by atoms with van der Waals surface area (Å²) in [6, 6.07) is 11.1. The normalized spacial score (nSPS) is 11.6. The van der Waals surface area contributed by atoms with Crippen molar-refractivity contribution in [3.63, 3.8) is 0 Å². The van der Waals surface area contributed by atoms with E-state index in [0.29, 0.717) is 12.6 Å². The summed E-state index contributed by atoms with van der Waals surface area (Å²) in [5, 5.41) is 8.44. The van der Waals surface area contributed by atoms with Crippen LogP contribution in [0, 0.1) is 0 Å². The topological polar surface area (TPSA) is 43.0 Å². The zero-order valence-electron chi connectivity index (χ0n) is 11.8. The molecular formula is C16H19N3O. The molecule has 0 aliphatic carbocycles. The van der Waals surface area contributed by atoms with Crippen molar-refractivity contribution in [2.24, 2.45) is 0 Å². The van der Waals surface area contributed by atoms with Crippen LogP contribution in [0.2, 0.25) is 0 Å². The summed E-state index contributed by atoms with van der Waals surface area (Å²) in [4.78, 5) is 0. The second kappa shape index (κ2) is 5.51. The zero-order valence-corrected chi connectivity index (χ0v) is 11.8. The van der Waals surface area contributed by atoms with E-state index in [2.05, 4.69) is 59.4 Å². The Morgan fingerprint density at radius 2 is 2.15 bits per heavy atom. The quantitative estimate of drug-likeness (QED) is 0.773. The SMILES string of the molecule is CC(C)NCc1ccc2ccn(Cc3ccno3)c2c1. The molecule has 0 saturated carbocycles. The van der Waals surface area contributed by atoms with E-state index in [1.54, 1.807) is 6.20 Å². The highest BCUT2D eigenvalue weighted by molar-refractivity contribution is 5.80. The lowest BCUT2D eigenvalue weighted by atomic mass is 10.1. The fraction of sp³-hybridized carbons (Fsp3) is 0.312. The average molecular weight is 269 g/mol. The van der Waals surface area contributed by atoms with E-state index < -0.39 is 0 Å². The van der Waals surface area contributed by atoms with Gasteiger partial charge in [-0.1, -0.05) is 31.1 Å². The molecule has 0 aliphatic rings. The smallest absolute Gasteiger partial charge is 0.156 e. The lowest BCUT2D eigenvalue weighted by Crippen LogP contribution is -2.21. The second-order valence-electron chi connectivity index (χ2n) is 5.35. The van der Waals surface area contributed by atoms with E-state index in [4.69, 9.17) is 4.52 Å². The van der Waals surface area contributed by atoms with Gasteiger partial charge in [-0.2, -0.15) is 0 Å². The minimum atomic E-state index is 0.492. The van der Waals surface area contributed by atoms with E-state index >= 15 is 0 Å². The van der Waals surface area contributed by atoms with Crippen LogP contribution in [-0.4, -0.2) is 15.8 Å². The fourth-order valence-corrected chi connectivity index (χ4v) is 2.29. The molecule has 0 unspecified atom stereocenters. The number of hydrogen-bond acceptors (Lipinski definition) is 3. The van der Waals surface area contributed by atoms with Crippen LogP contribution >= 0.6 is 0 Å². The maximum absolute atomic E-state index is 5.18. The van der Waals surface area contributed by atoms with Crippen molar-refractivity contribution in [2.75, 3.05) is 0 Å². The number of nitrogens with zero attached hydrogens (tertiary/aromatic N) is 2. The molecule has 20 heavy (non-hydrogen) atoms. The van der Waals surface area contributed by atoms with Gasteiger partial charge in [-0.15, -0.1) is 0 Å². The van der Waals surface area contributed by atoms with Gasteiger partial charge in [-0.05, 0) is 23.1 Å². The van der Waals surface area contributed by atoms with Crippen molar-refractivity contribution in [2.45, 2.75) is 33.0 Å². The van der Waals surface area contributed by atoms with E-state index in [-0.39, 0.29) is 0 Å². The highest BCUT2D eigenvalue weighted by Gasteiger charge is 2.05. The Labute approximate surface area is 118 Å². The van der Waals surface area contributed by atoms with Gasteiger partial charge in [0.05, 0.1) is 12.7 Å². The molecule has 0 fully saturated rings. The van der Waals surface area contributed by atoms with Crippen LogP contribution < -0.4 is 5.32 Å². The summed E-state index contributed by atoms with van der Waals surface area (Å²) < 4.78 is 7.37. The third-order valence-corrected chi connectivity index (χ3v) is 3.37. The number of nitrogens with one attached hydrogen (secondary N) is 1. The maximum atomic E-state index is 5.18. The Morgan fingerprint density at radius 3 is 2.90 bits per heavy atom. The largest absolute Gasteiger partial charge is 0.359 e. The molecule has 0 saturated heterocycles. The molecule has 4 heteroatoms. The minimum Gasteiger partial charge on any atom is -0.359 e. The fourth-order valence-electron chi connectivity index (χ4n) is 2.29. The maximum Gasteiger partial charge on any atom is 0.156 e.